The molecule has 37 heavy (non-hydrogen) atoms. The van der Waals surface area contributed by atoms with Crippen LogP contribution in [0.2, 0.25) is 0 Å². The maximum atomic E-state index is 6.61. The zero-order valence-corrected chi connectivity index (χ0v) is 21.3. The molecule has 192 valence electrons. The molecule has 1 heterocycles. The fourth-order valence-corrected chi connectivity index (χ4v) is 4.97. The van der Waals surface area contributed by atoms with Crippen molar-refractivity contribution in [1.82, 2.24) is 0 Å². The minimum Gasteiger partial charge on any atom is -0.491 e. The highest BCUT2D eigenvalue weighted by molar-refractivity contribution is 5.65. The molecule has 0 amide bonds. The van der Waals surface area contributed by atoms with Crippen molar-refractivity contribution >= 4 is 6.08 Å². The Morgan fingerprint density at radius 3 is 2.19 bits per heavy atom. The van der Waals surface area contributed by atoms with Crippen LogP contribution in [0.3, 0.4) is 0 Å². The molecule has 1 aliphatic carbocycles. The third kappa shape index (κ3) is 5.86. The Bertz CT molecular complexity index is 1200. The predicted octanol–water partition coefficient (Wildman–Crippen LogP) is 5.76. The van der Waals surface area contributed by atoms with Crippen molar-refractivity contribution in [1.29, 1.82) is 0 Å². The summed E-state index contributed by atoms with van der Waals surface area (Å²) in [5.74, 6) is 0.820. The number of methoxy groups -OCH3 is 1. The van der Waals surface area contributed by atoms with Crippen LogP contribution in [0.15, 0.2) is 96.6 Å². The van der Waals surface area contributed by atoms with Crippen molar-refractivity contribution < 1.29 is 23.7 Å². The molecule has 0 radical (unpaired) electrons. The van der Waals surface area contributed by atoms with Gasteiger partial charge in [0.15, 0.2) is 0 Å². The zero-order chi connectivity index (χ0) is 25.3. The summed E-state index contributed by atoms with van der Waals surface area (Å²) in [5.41, 5.74) is 5.65. The van der Waals surface area contributed by atoms with Crippen LogP contribution in [0, 0.1) is 0 Å². The van der Waals surface area contributed by atoms with Gasteiger partial charge in [-0.25, -0.2) is 0 Å². The maximum Gasteiger partial charge on any atom is 0.119 e. The van der Waals surface area contributed by atoms with E-state index in [0.717, 1.165) is 5.75 Å². The Hall–Kier alpha value is -3.22. The van der Waals surface area contributed by atoms with Crippen LogP contribution in [0.4, 0.5) is 0 Å². The molecule has 0 aromatic heterocycles. The Labute approximate surface area is 219 Å². The highest BCUT2D eigenvalue weighted by Crippen LogP contribution is 2.46. The van der Waals surface area contributed by atoms with Gasteiger partial charge < -0.3 is 23.7 Å². The van der Waals surface area contributed by atoms with Crippen molar-refractivity contribution in [3.63, 3.8) is 0 Å². The highest BCUT2D eigenvalue weighted by Gasteiger charge is 2.39. The summed E-state index contributed by atoms with van der Waals surface area (Å²) in [6.07, 6.45) is 6.74. The maximum absolute atomic E-state index is 6.61. The van der Waals surface area contributed by atoms with E-state index in [-0.39, 0.29) is 11.5 Å². The minimum absolute atomic E-state index is 0.0361. The van der Waals surface area contributed by atoms with E-state index in [1.54, 1.807) is 7.11 Å². The fraction of sp³-hybridized carbons (Fsp3) is 0.312. The van der Waals surface area contributed by atoms with Gasteiger partial charge in [0, 0.05) is 7.11 Å². The van der Waals surface area contributed by atoms with Crippen LogP contribution in [0.1, 0.15) is 28.4 Å². The van der Waals surface area contributed by atoms with Gasteiger partial charge in [-0.1, -0.05) is 85.0 Å². The van der Waals surface area contributed by atoms with Crippen LogP contribution >= 0.6 is 0 Å². The fourth-order valence-electron chi connectivity index (χ4n) is 4.97. The first kappa shape index (κ1) is 25.4. The van der Waals surface area contributed by atoms with Crippen LogP contribution in [0.5, 0.6) is 5.75 Å². The lowest BCUT2D eigenvalue weighted by Gasteiger charge is -2.40. The van der Waals surface area contributed by atoms with Gasteiger partial charge in [0.25, 0.3) is 0 Å². The number of hydrogen-bond acceptors (Lipinski definition) is 5. The van der Waals surface area contributed by atoms with Gasteiger partial charge in [-0.3, -0.25) is 0 Å². The van der Waals surface area contributed by atoms with Gasteiger partial charge in [0.1, 0.15) is 18.5 Å². The van der Waals surface area contributed by atoms with E-state index in [1.165, 1.54) is 27.8 Å². The van der Waals surface area contributed by atoms with Crippen LogP contribution in [-0.2, 0) is 24.4 Å². The second kappa shape index (κ2) is 12.3. The second-order valence-electron chi connectivity index (χ2n) is 9.23. The lowest BCUT2D eigenvalue weighted by Crippen LogP contribution is -2.37. The lowest BCUT2D eigenvalue weighted by atomic mass is 9.71. The summed E-state index contributed by atoms with van der Waals surface area (Å²) in [6, 6.07) is 27.4. The van der Waals surface area contributed by atoms with E-state index in [2.05, 4.69) is 85.0 Å². The van der Waals surface area contributed by atoms with Crippen molar-refractivity contribution in [3.05, 3.63) is 119 Å². The topological polar surface area (TPSA) is 46.2 Å². The van der Waals surface area contributed by atoms with Crippen molar-refractivity contribution in [2.75, 3.05) is 53.4 Å². The number of ether oxygens (including phenoxy) is 5. The largest absolute Gasteiger partial charge is 0.491 e. The van der Waals surface area contributed by atoms with Gasteiger partial charge in [-0.15, -0.1) is 0 Å². The van der Waals surface area contributed by atoms with Crippen molar-refractivity contribution in [3.8, 4) is 5.75 Å². The molecule has 3 aromatic carbocycles. The number of rotatable bonds is 12. The molecular weight excluding hydrogens is 464 g/mol. The molecule has 0 bridgehead atoms. The molecule has 1 aliphatic heterocycles. The molecule has 5 nitrogen and oxygen atoms in total. The first-order valence-electron chi connectivity index (χ1n) is 12.8. The average Bonchev–Trinajstić information content (AvgIpc) is 2.96. The molecule has 0 N–H and O–H groups in total. The van der Waals surface area contributed by atoms with E-state index in [1.807, 2.05) is 12.1 Å². The van der Waals surface area contributed by atoms with Crippen molar-refractivity contribution in [2.45, 2.75) is 11.5 Å². The van der Waals surface area contributed by atoms with Gasteiger partial charge in [0.05, 0.1) is 45.1 Å². The third-order valence-electron chi connectivity index (χ3n) is 6.89. The molecule has 2 aliphatic rings. The molecule has 5 heteroatoms. The van der Waals surface area contributed by atoms with E-state index < -0.39 is 0 Å². The van der Waals surface area contributed by atoms with Crippen LogP contribution in [0.25, 0.3) is 6.08 Å². The summed E-state index contributed by atoms with van der Waals surface area (Å²) in [4.78, 5) is 0. The smallest absolute Gasteiger partial charge is 0.119 e. The molecule has 0 saturated carbocycles. The molecule has 2 atom stereocenters. The lowest BCUT2D eigenvalue weighted by molar-refractivity contribution is 0.0179. The summed E-state index contributed by atoms with van der Waals surface area (Å²) in [7, 11) is 1.66. The minimum atomic E-state index is -0.381. The number of fused-ring (bicyclic) bond motifs is 3. The summed E-state index contributed by atoms with van der Waals surface area (Å²) in [6.45, 7) is 3.84. The highest BCUT2D eigenvalue weighted by atomic mass is 16.6. The zero-order valence-electron chi connectivity index (χ0n) is 21.3. The SMILES string of the molecule is COCCOCCOCCOc1ccc(C2(c3ccccc3)C=C3C=Cc4ccccc4C3OC2)cc1. The Morgan fingerprint density at radius 2 is 1.41 bits per heavy atom. The average molecular weight is 499 g/mol. The monoisotopic (exact) mass is 498 g/mol. The van der Waals surface area contributed by atoms with E-state index in [9.17, 15) is 0 Å². The summed E-state index contributed by atoms with van der Waals surface area (Å²) in [5, 5.41) is 0. The molecule has 0 fully saturated rings. The summed E-state index contributed by atoms with van der Waals surface area (Å²) < 4.78 is 28.5. The molecule has 0 spiro atoms. The Kier molecular flexibility index (Phi) is 8.49. The first-order chi connectivity index (χ1) is 18.3. The third-order valence-corrected chi connectivity index (χ3v) is 6.89. The van der Waals surface area contributed by atoms with Gasteiger partial charge in [0.2, 0.25) is 0 Å². The second-order valence-corrected chi connectivity index (χ2v) is 9.23. The first-order valence-corrected chi connectivity index (χ1v) is 12.8. The van der Waals surface area contributed by atoms with E-state index in [4.69, 9.17) is 23.7 Å². The van der Waals surface area contributed by atoms with E-state index in [0.29, 0.717) is 46.2 Å². The summed E-state index contributed by atoms with van der Waals surface area (Å²) >= 11 is 0. The van der Waals surface area contributed by atoms with Crippen LogP contribution < -0.4 is 4.74 Å². The van der Waals surface area contributed by atoms with Gasteiger partial charge >= 0.3 is 0 Å². The Balaban J connectivity index is 1.28. The standard InChI is InChI=1S/C32H34O5/c1-33-17-18-34-19-20-35-21-22-36-29-15-13-28(14-16-29)32(27-8-3-2-4-9-27)23-26-12-11-25-7-5-6-10-30(25)31(26)37-24-32/h2-16,23,31H,17-22,24H2,1H3. The predicted molar refractivity (Wildman–Crippen MR) is 145 cm³/mol. The number of benzene rings is 3. The molecule has 3 aromatic rings. The molecular formula is C32H34O5. The Morgan fingerprint density at radius 1 is 0.730 bits per heavy atom. The van der Waals surface area contributed by atoms with E-state index >= 15 is 0 Å². The molecule has 0 saturated heterocycles. The van der Waals surface area contributed by atoms with Gasteiger partial charge in [-0.05, 0) is 40.0 Å². The number of hydrogen-bond donors (Lipinski definition) is 0. The quantitative estimate of drug-likeness (QED) is 0.297. The van der Waals surface area contributed by atoms with Crippen molar-refractivity contribution in [2.24, 2.45) is 0 Å². The van der Waals surface area contributed by atoms with Crippen LogP contribution in [-0.4, -0.2) is 53.4 Å². The normalized spacial score (nSPS) is 20.1. The van der Waals surface area contributed by atoms with Gasteiger partial charge in [-0.2, -0.15) is 0 Å². The molecule has 5 rings (SSSR count). The molecule has 2 unspecified atom stereocenters.